The van der Waals surface area contributed by atoms with Gasteiger partial charge in [-0.2, -0.15) is 16.9 Å². The minimum atomic E-state index is 0. The van der Waals surface area contributed by atoms with Crippen LogP contribution in [0.25, 0.3) is 11.3 Å². The molecule has 2 N–H and O–H groups in total. The number of aromatic amines is 1. The van der Waals surface area contributed by atoms with E-state index in [-0.39, 0.29) is 12.4 Å². The van der Waals surface area contributed by atoms with Crippen LogP contribution in [0, 0.1) is 0 Å². The van der Waals surface area contributed by atoms with E-state index in [0.29, 0.717) is 6.79 Å². The molecule has 0 spiro atoms. The van der Waals surface area contributed by atoms with Crippen LogP contribution in [0.3, 0.4) is 0 Å². The number of benzene rings is 1. The van der Waals surface area contributed by atoms with Crippen LogP contribution in [0.5, 0.6) is 11.5 Å². The molecule has 0 radical (unpaired) electrons. The molecule has 0 amide bonds. The Hall–Kier alpha value is -1.37. The summed E-state index contributed by atoms with van der Waals surface area (Å²) in [5.41, 5.74) is 3.30. The van der Waals surface area contributed by atoms with E-state index in [0.717, 1.165) is 41.1 Å². The molecule has 1 aliphatic heterocycles. The number of hydrogen-bond acceptors (Lipinski definition) is 5. The lowest BCUT2D eigenvalue weighted by Gasteiger charge is -2.09. The molecule has 1 saturated carbocycles. The average Bonchev–Trinajstić information content (AvgIpc) is 3.35. The van der Waals surface area contributed by atoms with E-state index in [9.17, 15) is 0 Å². The predicted molar refractivity (Wildman–Crippen MR) is 104 cm³/mol. The molecule has 2 aromatic rings. The van der Waals surface area contributed by atoms with Crippen molar-refractivity contribution >= 4 is 24.2 Å². The van der Waals surface area contributed by atoms with Gasteiger partial charge in [-0.3, -0.25) is 5.10 Å². The van der Waals surface area contributed by atoms with Crippen molar-refractivity contribution in [1.82, 2.24) is 15.5 Å². The molecule has 5 nitrogen and oxygen atoms in total. The first-order chi connectivity index (χ1) is 11.9. The van der Waals surface area contributed by atoms with E-state index in [4.69, 9.17) is 9.47 Å². The second-order valence-corrected chi connectivity index (χ2v) is 7.70. The van der Waals surface area contributed by atoms with Gasteiger partial charge in [-0.1, -0.05) is 12.8 Å². The quantitative estimate of drug-likeness (QED) is 0.710. The molecular formula is C18H24ClN3O2S. The second kappa shape index (κ2) is 8.83. The van der Waals surface area contributed by atoms with Crippen LogP contribution in [0.2, 0.25) is 0 Å². The third-order valence-electron chi connectivity index (χ3n) is 4.63. The van der Waals surface area contributed by atoms with E-state index < -0.39 is 0 Å². The minimum absolute atomic E-state index is 0. The predicted octanol–water partition coefficient (Wildman–Crippen LogP) is 3.99. The SMILES string of the molecule is Cl.c1cc2c(cc1-c1[nH]ncc1CNCCSC1CCCC1)OCO2. The van der Waals surface area contributed by atoms with Crippen LogP contribution in [0.4, 0.5) is 0 Å². The fraction of sp³-hybridized carbons (Fsp3) is 0.500. The first kappa shape index (κ1) is 18.4. The first-order valence-electron chi connectivity index (χ1n) is 8.65. The standard InChI is InChI=1S/C18H23N3O2S.ClH/c1-2-4-15(3-1)24-8-7-19-10-14-11-20-21-18(14)13-5-6-16-17(9-13)23-12-22-16;/h5-6,9,11,15,19H,1-4,7-8,10,12H2,(H,20,21);1H. The van der Waals surface area contributed by atoms with Crippen LogP contribution in [-0.2, 0) is 6.54 Å². The summed E-state index contributed by atoms with van der Waals surface area (Å²) in [5, 5.41) is 11.7. The maximum absolute atomic E-state index is 5.46. The van der Waals surface area contributed by atoms with Crippen molar-refractivity contribution in [2.45, 2.75) is 37.5 Å². The van der Waals surface area contributed by atoms with E-state index in [2.05, 4.69) is 27.3 Å². The normalized spacial score (nSPS) is 16.2. The molecule has 0 saturated heterocycles. The summed E-state index contributed by atoms with van der Waals surface area (Å²) in [6.45, 7) is 2.16. The second-order valence-electron chi connectivity index (χ2n) is 6.29. The van der Waals surface area contributed by atoms with Gasteiger partial charge >= 0.3 is 0 Å². The number of fused-ring (bicyclic) bond motifs is 1. The molecule has 1 aromatic carbocycles. The van der Waals surface area contributed by atoms with Crippen LogP contribution < -0.4 is 14.8 Å². The zero-order valence-electron chi connectivity index (χ0n) is 14.1. The van der Waals surface area contributed by atoms with E-state index in [1.54, 1.807) is 0 Å². The van der Waals surface area contributed by atoms with Gasteiger partial charge in [0.2, 0.25) is 6.79 Å². The molecule has 0 atom stereocenters. The van der Waals surface area contributed by atoms with Gasteiger partial charge in [0.05, 0.1) is 11.9 Å². The summed E-state index contributed by atoms with van der Waals surface area (Å²) in [6, 6.07) is 6.00. The summed E-state index contributed by atoms with van der Waals surface area (Å²) in [4.78, 5) is 0. The van der Waals surface area contributed by atoms with Gasteiger partial charge in [0.15, 0.2) is 11.5 Å². The van der Waals surface area contributed by atoms with E-state index in [1.165, 1.54) is 37.0 Å². The largest absolute Gasteiger partial charge is 0.454 e. The number of nitrogens with zero attached hydrogens (tertiary/aromatic N) is 1. The number of hydrogen-bond donors (Lipinski definition) is 2. The van der Waals surface area contributed by atoms with Gasteiger partial charge in [0.25, 0.3) is 0 Å². The van der Waals surface area contributed by atoms with Crippen molar-refractivity contribution in [3.63, 3.8) is 0 Å². The number of thioether (sulfide) groups is 1. The third-order valence-corrected chi connectivity index (χ3v) is 6.01. The molecule has 0 bridgehead atoms. The fourth-order valence-corrected chi connectivity index (χ4v) is 4.59. The number of H-pyrrole nitrogens is 1. The Bertz CT molecular complexity index is 689. The lowest BCUT2D eigenvalue weighted by atomic mass is 10.1. The van der Waals surface area contributed by atoms with Crippen LogP contribution >= 0.6 is 24.2 Å². The summed E-state index contributed by atoms with van der Waals surface area (Å²) < 4.78 is 10.8. The molecular weight excluding hydrogens is 358 g/mol. The molecule has 25 heavy (non-hydrogen) atoms. The number of halogens is 1. The van der Waals surface area contributed by atoms with Crippen molar-refractivity contribution in [1.29, 1.82) is 0 Å². The Morgan fingerprint density at radius 2 is 2.04 bits per heavy atom. The highest BCUT2D eigenvalue weighted by molar-refractivity contribution is 7.99. The highest BCUT2D eigenvalue weighted by Crippen LogP contribution is 2.36. The van der Waals surface area contributed by atoms with Gasteiger partial charge < -0.3 is 14.8 Å². The van der Waals surface area contributed by atoms with Gasteiger partial charge in [-0.25, -0.2) is 0 Å². The average molecular weight is 382 g/mol. The summed E-state index contributed by atoms with van der Waals surface area (Å²) in [7, 11) is 0. The molecule has 136 valence electrons. The molecule has 1 fully saturated rings. The highest BCUT2D eigenvalue weighted by atomic mass is 35.5. The van der Waals surface area contributed by atoms with Crippen LogP contribution in [-0.4, -0.2) is 34.5 Å². The zero-order valence-corrected chi connectivity index (χ0v) is 15.8. The maximum atomic E-state index is 5.46. The Kier molecular flexibility index (Phi) is 6.51. The lowest BCUT2D eigenvalue weighted by molar-refractivity contribution is 0.174. The summed E-state index contributed by atoms with van der Waals surface area (Å²) in [5.74, 6) is 2.79. The molecule has 1 aromatic heterocycles. The number of nitrogens with one attached hydrogen (secondary N) is 2. The molecule has 4 rings (SSSR count). The number of rotatable bonds is 7. The molecule has 2 aliphatic rings. The lowest BCUT2D eigenvalue weighted by Crippen LogP contribution is -2.17. The summed E-state index contributed by atoms with van der Waals surface area (Å²) in [6.07, 6.45) is 7.54. The molecule has 1 aliphatic carbocycles. The first-order valence-corrected chi connectivity index (χ1v) is 9.69. The monoisotopic (exact) mass is 381 g/mol. The third kappa shape index (κ3) is 4.43. The van der Waals surface area contributed by atoms with Gasteiger partial charge in [0, 0.05) is 35.2 Å². The smallest absolute Gasteiger partial charge is 0.231 e. The topological polar surface area (TPSA) is 59.2 Å². The Morgan fingerprint density at radius 3 is 2.92 bits per heavy atom. The number of aromatic nitrogens is 2. The summed E-state index contributed by atoms with van der Waals surface area (Å²) >= 11 is 2.12. The Balaban J connectivity index is 0.00000182. The Labute approximate surface area is 158 Å². The molecule has 7 heteroatoms. The molecule has 2 heterocycles. The van der Waals surface area contributed by atoms with Crippen molar-refractivity contribution < 1.29 is 9.47 Å². The van der Waals surface area contributed by atoms with Gasteiger partial charge in [0.1, 0.15) is 0 Å². The Morgan fingerprint density at radius 1 is 1.20 bits per heavy atom. The van der Waals surface area contributed by atoms with Crippen molar-refractivity contribution in [3.8, 4) is 22.8 Å². The number of ether oxygens (including phenoxy) is 2. The van der Waals surface area contributed by atoms with Crippen LogP contribution in [0.1, 0.15) is 31.2 Å². The minimum Gasteiger partial charge on any atom is -0.454 e. The van der Waals surface area contributed by atoms with Crippen LogP contribution in [0.15, 0.2) is 24.4 Å². The maximum Gasteiger partial charge on any atom is 0.231 e. The van der Waals surface area contributed by atoms with E-state index in [1.807, 2.05) is 24.4 Å². The van der Waals surface area contributed by atoms with E-state index >= 15 is 0 Å². The fourth-order valence-electron chi connectivity index (χ4n) is 3.32. The van der Waals surface area contributed by atoms with Crippen molar-refractivity contribution in [3.05, 3.63) is 30.0 Å². The zero-order chi connectivity index (χ0) is 16.2. The van der Waals surface area contributed by atoms with Crippen molar-refractivity contribution in [2.75, 3.05) is 19.1 Å². The van der Waals surface area contributed by atoms with Gasteiger partial charge in [-0.15, -0.1) is 12.4 Å². The highest BCUT2D eigenvalue weighted by Gasteiger charge is 2.16. The molecule has 0 unspecified atom stereocenters. The van der Waals surface area contributed by atoms with Gasteiger partial charge in [-0.05, 0) is 31.0 Å². The van der Waals surface area contributed by atoms with Crippen molar-refractivity contribution in [2.24, 2.45) is 0 Å².